The maximum absolute atomic E-state index is 9.93. The first kappa shape index (κ1) is 12.4. The first-order valence-electron chi connectivity index (χ1n) is 3.00. The minimum Gasteiger partial charge on any atom is -0.481 e. The summed E-state index contributed by atoms with van der Waals surface area (Å²) in [7, 11) is 0. The van der Waals surface area contributed by atoms with Crippen LogP contribution in [-0.2, 0) is 4.79 Å². The summed E-state index contributed by atoms with van der Waals surface area (Å²) in [5.74, 6) is -0.805. The Bertz CT molecular complexity index is 149. The van der Waals surface area contributed by atoms with Gasteiger partial charge in [0.25, 0.3) is 0 Å². The molecule has 4 N–H and O–H groups in total. The summed E-state index contributed by atoms with van der Waals surface area (Å²) < 4.78 is 0. The normalized spacial score (nSPS) is 7.64. The summed E-state index contributed by atoms with van der Waals surface area (Å²) in [6.07, 6.45) is 1.38. The molecule has 0 spiro atoms. The Hall–Kier alpha value is -1.26. The molecule has 0 aliphatic heterocycles. The number of carboxylic acid groups (broad SMARTS) is 1. The average molecular weight is 160 g/mol. The van der Waals surface area contributed by atoms with Gasteiger partial charge in [-0.15, -0.1) is 0 Å². The van der Waals surface area contributed by atoms with Crippen molar-refractivity contribution in [3.63, 3.8) is 0 Å². The summed E-state index contributed by atoms with van der Waals surface area (Å²) in [6.45, 7) is 0.393. The Balaban J connectivity index is 0. The predicted octanol–water partition coefficient (Wildman–Crippen LogP) is 1.71. The van der Waals surface area contributed by atoms with E-state index in [1.165, 1.54) is 0 Å². The smallest absolute Gasteiger partial charge is 0.303 e. The minimum atomic E-state index is -0.805. The average Bonchev–Trinajstić information content (AvgIpc) is 1.87. The lowest BCUT2D eigenvalue weighted by molar-refractivity contribution is -0.137. The maximum atomic E-state index is 9.93. The molecule has 0 aliphatic carbocycles. The SMILES string of the molecule is N.[N-]=[N+]=NCCCCC(=O)O. The standard InChI is InChI=1S/C5H9N3O2.H3N/c6-8-7-4-2-1-3-5(9)10;/h1-4H2,(H,9,10);1H3. The number of hydrogen-bond donors (Lipinski definition) is 2. The highest BCUT2D eigenvalue weighted by atomic mass is 16.4. The van der Waals surface area contributed by atoms with Gasteiger partial charge in [0.15, 0.2) is 0 Å². The third kappa shape index (κ3) is 12.1. The predicted molar refractivity (Wildman–Crippen MR) is 40.5 cm³/mol. The van der Waals surface area contributed by atoms with Crippen molar-refractivity contribution >= 4 is 5.97 Å². The first-order chi connectivity index (χ1) is 4.77. The number of nitrogens with zero attached hydrogens (tertiary/aromatic N) is 3. The molecule has 0 saturated heterocycles. The number of aliphatic carboxylic acids is 1. The Morgan fingerprint density at radius 3 is 2.64 bits per heavy atom. The van der Waals surface area contributed by atoms with Crippen LogP contribution in [0, 0.1) is 0 Å². The van der Waals surface area contributed by atoms with Crippen LogP contribution < -0.4 is 6.15 Å². The number of carbonyl (C=O) groups is 1. The summed E-state index contributed by atoms with van der Waals surface area (Å²) in [5.41, 5.74) is 7.82. The van der Waals surface area contributed by atoms with Gasteiger partial charge in [-0.1, -0.05) is 5.11 Å². The van der Waals surface area contributed by atoms with Crippen molar-refractivity contribution in [2.75, 3.05) is 6.54 Å². The van der Waals surface area contributed by atoms with Gasteiger partial charge in [0.2, 0.25) is 0 Å². The molecule has 0 aromatic rings. The molecule has 6 heteroatoms. The van der Waals surface area contributed by atoms with Crippen LogP contribution in [0.15, 0.2) is 5.11 Å². The van der Waals surface area contributed by atoms with Crippen LogP contribution in [0.2, 0.25) is 0 Å². The molecule has 0 aromatic carbocycles. The van der Waals surface area contributed by atoms with E-state index >= 15 is 0 Å². The molecule has 0 unspecified atom stereocenters. The fourth-order valence-corrected chi connectivity index (χ4v) is 0.503. The highest BCUT2D eigenvalue weighted by molar-refractivity contribution is 5.66. The van der Waals surface area contributed by atoms with E-state index < -0.39 is 5.97 Å². The van der Waals surface area contributed by atoms with Crippen LogP contribution in [0.3, 0.4) is 0 Å². The number of carboxylic acids is 1. The van der Waals surface area contributed by atoms with E-state index in [1.807, 2.05) is 0 Å². The lowest BCUT2D eigenvalue weighted by atomic mass is 10.2. The molecule has 0 amide bonds. The van der Waals surface area contributed by atoms with Crippen LogP contribution in [-0.4, -0.2) is 17.6 Å². The van der Waals surface area contributed by atoms with Gasteiger partial charge in [0, 0.05) is 17.9 Å². The third-order valence-corrected chi connectivity index (χ3v) is 0.962. The van der Waals surface area contributed by atoms with Crippen molar-refractivity contribution in [1.29, 1.82) is 0 Å². The quantitative estimate of drug-likeness (QED) is 0.275. The Morgan fingerprint density at radius 1 is 1.55 bits per heavy atom. The second-order valence-electron chi connectivity index (χ2n) is 1.81. The molecule has 64 valence electrons. The molecular weight excluding hydrogens is 148 g/mol. The fourth-order valence-electron chi connectivity index (χ4n) is 0.503. The van der Waals surface area contributed by atoms with Crippen molar-refractivity contribution in [2.24, 2.45) is 5.11 Å². The van der Waals surface area contributed by atoms with Gasteiger partial charge in [-0.05, 0) is 18.4 Å². The Labute approximate surface area is 64.4 Å². The van der Waals surface area contributed by atoms with Gasteiger partial charge in [-0.25, -0.2) is 0 Å². The van der Waals surface area contributed by atoms with Gasteiger partial charge in [0.05, 0.1) is 0 Å². The summed E-state index contributed by atoms with van der Waals surface area (Å²) in [4.78, 5) is 12.5. The molecule has 0 aliphatic rings. The van der Waals surface area contributed by atoms with Gasteiger partial charge < -0.3 is 11.3 Å². The molecule has 0 atom stereocenters. The van der Waals surface area contributed by atoms with E-state index in [0.717, 1.165) is 0 Å². The molecule has 0 fully saturated rings. The second-order valence-corrected chi connectivity index (χ2v) is 1.81. The zero-order valence-corrected chi connectivity index (χ0v) is 6.23. The van der Waals surface area contributed by atoms with Gasteiger partial charge >= 0.3 is 5.97 Å². The second kappa shape index (κ2) is 8.74. The molecule has 0 rings (SSSR count). The Kier molecular flexibility index (Phi) is 9.87. The highest BCUT2D eigenvalue weighted by Gasteiger charge is 1.93. The number of unbranched alkanes of at least 4 members (excludes halogenated alkanes) is 1. The van der Waals surface area contributed by atoms with Crippen LogP contribution >= 0.6 is 0 Å². The van der Waals surface area contributed by atoms with E-state index in [9.17, 15) is 4.79 Å². The van der Waals surface area contributed by atoms with Crippen molar-refractivity contribution in [3.8, 4) is 0 Å². The summed E-state index contributed by atoms with van der Waals surface area (Å²) in [5, 5.41) is 11.4. The molecule has 11 heavy (non-hydrogen) atoms. The zero-order valence-electron chi connectivity index (χ0n) is 6.23. The monoisotopic (exact) mass is 160 g/mol. The van der Waals surface area contributed by atoms with Gasteiger partial charge in [-0.2, -0.15) is 0 Å². The minimum absolute atomic E-state index is 0. The van der Waals surface area contributed by atoms with Crippen LogP contribution in [0.4, 0.5) is 0 Å². The van der Waals surface area contributed by atoms with E-state index in [1.54, 1.807) is 0 Å². The van der Waals surface area contributed by atoms with Crippen LogP contribution in [0.5, 0.6) is 0 Å². The zero-order chi connectivity index (χ0) is 7.82. The lowest BCUT2D eigenvalue weighted by Crippen LogP contribution is -1.94. The van der Waals surface area contributed by atoms with E-state index in [4.69, 9.17) is 10.6 Å². The van der Waals surface area contributed by atoms with Gasteiger partial charge in [-0.3, -0.25) is 4.79 Å². The number of azide groups is 1. The largest absolute Gasteiger partial charge is 0.481 e. The van der Waals surface area contributed by atoms with Crippen molar-refractivity contribution in [2.45, 2.75) is 19.3 Å². The van der Waals surface area contributed by atoms with E-state index in [2.05, 4.69) is 10.0 Å². The molecule has 0 heterocycles. The highest BCUT2D eigenvalue weighted by Crippen LogP contribution is 1.94. The van der Waals surface area contributed by atoms with Crippen molar-refractivity contribution in [1.82, 2.24) is 6.15 Å². The van der Waals surface area contributed by atoms with Crippen LogP contribution in [0.25, 0.3) is 10.4 Å². The molecule has 6 nitrogen and oxygen atoms in total. The van der Waals surface area contributed by atoms with Crippen LogP contribution in [0.1, 0.15) is 19.3 Å². The molecular formula is C5H12N4O2. The Morgan fingerprint density at radius 2 is 2.18 bits per heavy atom. The molecule has 0 radical (unpaired) electrons. The van der Waals surface area contributed by atoms with E-state index in [0.29, 0.717) is 19.4 Å². The maximum Gasteiger partial charge on any atom is 0.303 e. The third-order valence-electron chi connectivity index (χ3n) is 0.962. The lowest BCUT2D eigenvalue weighted by Gasteiger charge is -1.90. The molecule has 0 aromatic heterocycles. The summed E-state index contributed by atoms with van der Waals surface area (Å²) in [6, 6.07) is 0. The number of hydrogen-bond acceptors (Lipinski definition) is 3. The molecule has 0 saturated carbocycles. The topological polar surface area (TPSA) is 121 Å². The fraction of sp³-hybridized carbons (Fsp3) is 0.800. The van der Waals surface area contributed by atoms with E-state index in [-0.39, 0.29) is 12.6 Å². The van der Waals surface area contributed by atoms with Crippen molar-refractivity contribution < 1.29 is 9.90 Å². The van der Waals surface area contributed by atoms with Crippen molar-refractivity contribution in [3.05, 3.63) is 10.4 Å². The molecule has 0 bridgehead atoms. The van der Waals surface area contributed by atoms with Gasteiger partial charge in [0.1, 0.15) is 0 Å². The first-order valence-corrected chi connectivity index (χ1v) is 3.00. The number of rotatable bonds is 5. The summed E-state index contributed by atoms with van der Waals surface area (Å²) >= 11 is 0.